The van der Waals surface area contributed by atoms with Crippen molar-refractivity contribution in [3.8, 4) is 11.5 Å². The van der Waals surface area contributed by atoms with Crippen LogP contribution in [0.1, 0.15) is 28.1 Å². The van der Waals surface area contributed by atoms with Gasteiger partial charge in [0.05, 0.1) is 12.0 Å². The number of likely N-dealkylation sites (tertiary alicyclic amines) is 1. The van der Waals surface area contributed by atoms with Gasteiger partial charge in [-0.25, -0.2) is 4.79 Å². The normalized spacial score (nSPS) is 17.9. The molecule has 8 heteroatoms. The first-order chi connectivity index (χ1) is 13.6. The number of ether oxygens (including phenoxy) is 2. The predicted molar refractivity (Wildman–Crippen MR) is 111 cm³/mol. The molecular weight excluding hydrogens is 396 g/mol. The second-order valence-electron chi connectivity index (χ2n) is 6.28. The highest BCUT2D eigenvalue weighted by atomic mass is 32.2. The molecule has 0 atom stereocenters. The Morgan fingerprint density at radius 3 is 2.75 bits per heavy atom. The molecule has 144 valence electrons. The maximum Gasteiger partial charge on any atom is 0.353 e. The third kappa shape index (κ3) is 3.98. The number of carbonyl (C=O) groups is 2. The summed E-state index contributed by atoms with van der Waals surface area (Å²) in [5, 5.41) is 2.60. The summed E-state index contributed by atoms with van der Waals surface area (Å²) in [6.45, 7) is 1.90. The Bertz CT molecular complexity index is 961. The van der Waals surface area contributed by atoms with E-state index >= 15 is 0 Å². The number of aliphatic imine (C=N–C) groups is 1. The Morgan fingerprint density at radius 1 is 1.21 bits per heavy atom. The molecule has 0 N–H and O–H groups in total. The highest BCUT2D eigenvalue weighted by molar-refractivity contribution is 8.18. The molecule has 2 aromatic rings. The van der Waals surface area contributed by atoms with Crippen molar-refractivity contribution >= 4 is 46.2 Å². The Labute approximate surface area is 170 Å². The first-order valence-corrected chi connectivity index (χ1v) is 10.5. The summed E-state index contributed by atoms with van der Waals surface area (Å²) in [4.78, 5) is 31.8. The van der Waals surface area contributed by atoms with Gasteiger partial charge in [0, 0.05) is 13.1 Å². The summed E-state index contributed by atoms with van der Waals surface area (Å²) in [5.74, 6) is 0.112. The zero-order chi connectivity index (χ0) is 19.5. The van der Waals surface area contributed by atoms with E-state index in [1.165, 1.54) is 30.2 Å². The Kier molecular flexibility index (Phi) is 5.50. The van der Waals surface area contributed by atoms with Crippen LogP contribution in [0.3, 0.4) is 0 Å². The van der Waals surface area contributed by atoms with E-state index in [1.54, 1.807) is 36.4 Å². The largest absolute Gasteiger partial charge is 0.493 e. The molecule has 1 amide bonds. The van der Waals surface area contributed by atoms with Crippen LogP contribution in [-0.4, -0.2) is 42.1 Å². The highest BCUT2D eigenvalue weighted by Crippen LogP contribution is 2.34. The van der Waals surface area contributed by atoms with Gasteiger partial charge < -0.3 is 14.4 Å². The van der Waals surface area contributed by atoms with Crippen molar-refractivity contribution in [2.24, 2.45) is 4.99 Å². The minimum atomic E-state index is -0.426. The van der Waals surface area contributed by atoms with Crippen LogP contribution in [-0.2, 0) is 4.79 Å². The zero-order valence-corrected chi connectivity index (χ0v) is 16.8. The number of methoxy groups -OCH3 is 1. The van der Waals surface area contributed by atoms with Gasteiger partial charge in [-0.2, -0.15) is 4.99 Å². The number of hydrogen-bond acceptors (Lipinski definition) is 7. The average molecular weight is 415 g/mol. The lowest BCUT2D eigenvalue weighted by molar-refractivity contribution is -0.113. The Morgan fingerprint density at radius 2 is 2.04 bits per heavy atom. The smallest absolute Gasteiger partial charge is 0.353 e. The molecule has 4 rings (SSSR count). The zero-order valence-electron chi connectivity index (χ0n) is 15.2. The fourth-order valence-corrected chi connectivity index (χ4v) is 4.56. The van der Waals surface area contributed by atoms with E-state index in [2.05, 4.69) is 9.89 Å². The van der Waals surface area contributed by atoms with Gasteiger partial charge in [-0.05, 0) is 59.8 Å². The molecule has 0 saturated carbocycles. The molecule has 0 radical (unpaired) electrons. The molecule has 2 aliphatic heterocycles. The molecule has 0 bridgehead atoms. The number of rotatable bonds is 4. The van der Waals surface area contributed by atoms with Crippen LogP contribution < -0.4 is 9.47 Å². The lowest BCUT2D eigenvalue weighted by Gasteiger charge is -2.14. The number of nitrogens with zero attached hydrogens (tertiary/aromatic N) is 2. The van der Waals surface area contributed by atoms with Gasteiger partial charge in [0.15, 0.2) is 16.7 Å². The lowest BCUT2D eigenvalue weighted by Crippen LogP contribution is -2.23. The third-order valence-electron chi connectivity index (χ3n) is 4.40. The van der Waals surface area contributed by atoms with Crippen molar-refractivity contribution in [1.82, 2.24) is 4.90 Å². The highest BCUT2D eigenvalue weighted by Gasteiger charge is 2.27. The second kappa shape index (κ2) is 8.20. The van der Waals surface area contributed by atoms with E-state index in [1.807, 2.05) is 5.38 Å². The first kappa shape index (κ1) is 18.8. The Hall–Kier alpha value is -2.58. The molecular formula is C20H18N2O4S2. The summed E-state index contributed by atoms with van der Waals surface area (Å²) in [5.41, 5.74) is 0.779. The SMILES string of the molecule is COc1cc(/C=C2\SC(N3CCCC3)=NC2=O)ccc1OC(=O)c1cccs1. The number of thiophene rings is 1. The standard InChI is InChI=1S/C20H18N2O4S2/c1-25-15-11-13(6-7-14(15)26-19(24)16-5-4-10-27-16)12-17-18(23)21-20(28-17)22-8-2-3-9-22/h4-7,10-12H,2-3,8-9H2,1H3/b17-12-. The number of hydrogen-bond donors (Lipinski definition) is 0. The number of carbonyl (C=O) groups excluding carboxylic acids is 2. The first-order valence-electron chi connectivity index (χ1n) is 8.85. The van der Waals surface area contributed by atoms with Gasteiger partial charge in [-0.1, -0.05) is 12.1 Å². The summed E-state index contributed by atoms with van der Waals surface area (Å²) < 4.78 is 10.8. The maximum atomic E-state index is 12.2. The van der Waals surface area contributed by atoms with Crippen LogP contribution >= 0.6 is 23.1 Å². The van der Waals surface area contributed by atoms with Crippen LogP contribution in [0.25, 0.3) is 6.08 Å². The number of amides is 1. The van der Waals surface area contributed by atoms with Crippen LogP contribution in [0.5, 0.6) is 11.5 Å². The minimum absolute atomic E-state index is 0.223. The fraction of sp³-hybridized carbons (Fsp3) is 0.250. The van der Waals surface area contributed by atoms with Gasteiger partial charge in [-0.3, -0.25) is 4.79 Å². The fourth-order valence-electron chi connectivity index (χ4n) is 3.00. The van der Waals surface area contributed by atoms with Gasteiger partial charge in [0.2, 0.25) is 0 Å². The molecule has 0 aliphatic carbocycles. The molecule has 2 aliphatic rings. The van der Waals surface area contributed by atoms with Gasteiger partial charge >= 0.3 is 5.97 Å². The Balaban J connectivity index is 1.50. The van der Waals surface area contributed by atoms with Crippen molar-refractivity contribution in [2.45, 2.75) is 12.8 Å². The molecule has 1 aromatic heterocycles. The lowest BCUT2D eigenvalue weighted by atomic mass is 10.2. The van der Waals surface area contributed by atoms with Crippen LogP contribution in [0.4, 0.5) is 0 Å². The van der Waals surface area contributed by atoms with Gasteiger partial charge in [0.25, 0.3) is 5.91 Å². The number of esters is 1. The quantitative estimate of drug-likeness (QED) is 0.427. The van der Waals surface area contributed by atoms with Crippen LogP contribution in [0.2, 0.25) is 0 Å². The number of benzene rings is 1. The maximum absolute atomic E-state index is 12.2. The van der Waals surface area contributed by atoms with E-state index in [-0.39, 0.29) is 5.91 Å². The van der Waals surface area contributed by atoms with Crippen LogP contribution in [0, 0.1) is 0 Å². The molecule has 3 heterocycles. The van der Waals surface area contributed by atoms with Crippen LogP contribution in [0.15, 0.2) is 45.6 Å². The van der Waals surface area contributed by atoms with E-state index < -0.39 is 5.97 Å². The second-order valence-corrected chi connectivity index (χ2v) is 8.24. The molecule has 1 fully saturated rings. The number of amidine groups is 1. The summed E-state index contributed by atoms with van der Waals surface area (Å²) >= 11 is 2.72. The monoisotopic (exact) mass is 414 g/mol. The molecule has 1 aromatic carbocycles. The molecule has 28 heavy (non-hydrogen) atoms. The molecule has 1 saturated heterocycles. The third-order valence-corrected chi connectivity index (χ3v) is 6.29. The van der Waals surface area contributed by atoms with E-state index in [0.717, 1.165) is 36.7 Å². The average Bonchev–Trinajstić information content (AvgIpc) is 3.45. The summed E-state index contributed by atoms with van der Waals surface area (Å²) in [6.07, 6.45) is 4.05. The molecule has 0 spiro atoms. The van der Waals surface area contributed by atoms with Gasteiger partial charge in [-0.15, -0.1) is 11.3 Å². The van der Waals surface area contributed by atoms with Crippen molar-refractivity contribution in [3.63, 3.8) is 0 Å². The van der Waals surface area contributed by atoms with E-state index in [0.29, 0.717) is 21.3 Å². The number of thioether (sulfide) groups is 1. The van der Waals surface area contributed by atoms with E-state index in [9.17, 15) is 9.59 Å². The van der Waals surface area contributed by atoms with E-state index in [4.69, 9.17) is 9.47 Å². The topological polar surface area (TPSA) is 68.2 Å². The summed E-state index contributed by atoms with van der Waals surface area (Å²) in [7, 11) is 1.51. The van der Waals surface area contributed by atoms with Crippen molar-refractivity contribution in [1.29, 1.82) is 0 Å². The molecule has 0 unspecified atom stereocenters. The van der Waals surface area contributed by atoms with Crippen molar-refractivity contribution in [3.05, 3.63) is 51.1 Å². The van der Waals surface area contributed by atoms with Crippen molar-refractivity contribution in [2.75, 3.05) is 20.2 Å². The predicted octanol–water partition coefficient (Wildman–Crippen LogP) is 4.04. The summed E-state index contributed by atoms with van der Waals surface area (Å²) in [6, 6.07) is 8.70. The van der Waals surface area contributed by atoms with Crippen molar-refractivity contribution < 1.29 is 19.1 Å². The molecule has 6 nitrogen and oxygen atoms in total. The minimum Gasteiger partial charge on any atom is -0.493 e. The van der Waals surface area contributed by atoms with Gasteiger partial charge in [0.1, 0.15) is 4.88 Å².